The number of nitrogens with zero attached hydrogens (tertiary/aromatic N) is 1. The van der Waals surface area contributed by atoms with Crippen LogP contribution in [0.15, 0.2) is 23.2 Å². The zero-order valence-corrected chi connectivity index (χ0v) is 7.75. The van der Waals surface area contributed by atoms with Gasteiger partial charge in [-0.1, -0.05) is 0 Å². The van der Waals surface area contributed by atoms with Crippen LogP contribution in [0.4, 0.5) is 5.69 Å². The Balaban J connectivity index is 2.84. The molecule has 1 aromatic carbocycles. The van der Waals surface area contributed by atoms with E-state index >= 15 is 0 Å². The third kappa shape index (κ3) is 1.32. The van der Waals surface area contributed by atoms with Gasteiger partial charge in [-0.05, 0) is 12.1 Å². The molecule has 74 valence electrons. The van der Waals surface area contributed by atoms with Gasteiger partial charge in [0.2, 0.25) is 0 Å². The van der Waals surface area contributed by atoms with Crippen molar-refractivity contribution in [3.8, 4) is 0 Å². The van der Waals surface area contributed by atoms with E-state index in [0.29, 0.717) is 10.9 Å². The maximum absolute atomic E-state index is 10.9. The minimum Gasteiger partial charge on any atom is -0.398 e. The van der Waals surface area contributed by atoms with Gasteiger partial charge < -0.3 is 5.73 Å². The van der Waals surface area contributed by atoms with Crippen molar-refractivity contribution in [1.82, 2.24) is 10.2 Å². The highest BCUT2D eigenvalue weighted by atomic mass is 32.2. The maximum Gasteiger partial charge on any atom is 0.296 e. The molecule has 0 unspecified atom stereocenters. The topological polar surface area (TPSA) is 109 Å². The molecular weight excluding hydrogens is 206 g/mol. The molecule has 6 nitrogen and oxygen atoms in total. The molecule has 0 aliphatic heterocycles. The molecule has 0 bridgehead atoms. The average Bonchev–Trinajstić information content (AvgIpc) is 2.47. The van der Waals surface area contributed by atoms with Gasteiger partial charge in [-0.25, -0.2) is 0 Å². The van der Waals surface area contributed by atoms with Gasteiger partial charge in [0.1, 0.15) is 4.90 Å². The number of benzene rings is 1. The standard InChI is InChI=1S/C7H7N3O3S/c8-5-2-6-4(3-9-10-6)1-7(5)14(11,12)13/h1-3H,8H2,(H,9,10)(H,11,12,13). The van der Waals surface area contributed by atoms with Crippen molar-refractivity contribution in [1.29, 1.82) is 0 Å². The maximum atomic E-state index is 10.9. The Bertz CT molecular complexity index is 587. The Kier molecular flexibility index (Phi) is 1.73. The van der Waals surface area contributed by atoms with Crippen molar-refractivity contribution < 1.29 is 13.0 Å². The van der Waals surface area contributed by atoms with Gasteiger partial charge in [0.05, 0.1) is 17.4 Å². The highest BCUT2D eigenvalue weighted by Gasteiger charge is 2.15. The molecule has 0 saturated heterocycles. The highest BCUT2D eigenvalue weighted by Crippen LogP contribution is 2.23. The van der Waals surface area contributed by atoms with E-state index in [-0.39, 0.29) is 10.6 Å². The fraction of sp³-hybridized carbons (Fsp3) is 0. The Morgan fingerprint density at radius 3 is 2.79 bits per heavy atom. The molecule has 0 aliphatic carbocycles. The number of anilines is 1. The molecule has 0 atom stereocenters. The van der Waals surface area contributed by atoms with Crippen LogP contribution in [0.1, 0.15) is 0 Å². The lowest BCUT2D eigenvalue weighted by molar-refractivity contribution is 0.484. The van der Waals surface area contributed by atoms with E-state index in [9.17, 15) is 8.42 Å². The fourth-order valence-corrected chi connectivity index (χ4v) is 1.84. The van der Waals surface area contributed by atoms with Crippen LogP contribution >= 0.6 is 0 Å². The molecule has 1 heterocycles. The van der Waals surface area contributed by atoms with Crippen molar-refractivity contribution in [2.24, 2.45) is 0 Å². The molecule has 0 saturated carbocycles. The normalized spacial score (nSPS) is 12.1. The van der Waals surface area contributed by atoms with Crippen molar-refractivity contribution >= 4 is 26.7 Å². The van der Waals surface area contributed by atoms with E-state index in [1.165, 1.54) is 18.3 Å². The number of nitrogens with one attached hydrogen (secondary N) is 1. The zero-order valence-electron chi connectivity index (χ0n) is 6.93. The summed E-state index contributed by atoms with van der Waals surface area (Å²) in [5.74, 6) is 0. The van der Waals surface area contributed by atoms with E-state index in [0.717, 1.165) is 0 Å². The number of aromatic nitrogens is 2. The Morgan fingerprint density at radius 2 is 2.14 bits per heavy atom. The number of hydrogen-bond acceptors (Lipinski definition) is 4. The van der Waals surface area contributed by atoms with Gasteiger partial charge in [0.15, 0.2) is 0 Å². The van der Waals surface area contributed by atoms with Gasteiger partial charge >= 0.3 is 0 Å². The third-order valence-electron chi connectivity index (χ3n) is 1.85. The minimum absolute atomic E-state index is 0.00995. The van der Waals surface area contributed by atoms with E-state index < -0.39 is 10.1 Å². The average molecular weight is 213 g/mol. The summed E-state index contributed by atoms with van der Waals surface area (Å²) < 4.78 is 30.6. The van der Waals surface area contributed by atoms with Crippen LogP contribution in [0.2, 0.25) is 0 Å². The Hall–Kier alpha value is -1.60. The first-order chi connectivity index (χ1) is 6.48. The summed E-state index contributed by atoms with van der Waals surface area (Å²) >= 11 is 0. The summed E-state index contributed by atoms with van der Waals surface area (Å²) in [5, 5.41) is 6.92. The summed E-state index contributed by atoms with van der Waals surface area (Å²) in [6.07, 6.45) is 1.45. The molecule has 0 amide bonds. The Morgan fingerprint density at radius 1 is 1.43 bits per heavy atom. The van der Waals surface area contributed by atoms with Crippen molar-refractivity contribution in [3.05, 3.63) is 18.3 Å². The van der Waals surface area contributed by atoms with Crippen LogP contribution in [0.3, 0.4) is 0 Å². The van der Waals surface area contributed by atoms with Gasteiger partial charge in [-0.15, -0.1) is 0 Å². The fourth-order valence-electron chi connectivity index (χ4n) is 1.21. The van der Waals surface area contributed by atoms with Crippen LogP contribution in [-0.4, -0.2) is 23.2 Å². The van der Waals surface area contributed by atoms with Crippen molar-refractivity contribution in [3.63, 3.8) is 0 Å². The molecule has 2 aromatic rings. The quantitative estimate of drug-likeness (QED) is 0.469. The largest absolute Gasteiger partial charge is 0.398 e. The second-order valence-corrected chi connectivity index (χ2v) is 4.21. The highest BCUT2D eigenvalue weighted by molar-refractivity contribution is 7.86. The molecule has 0 fully saturated rings. The molecule has 2 rings (SSSR count). The van der Waals surface area contributed by atoms with Crippen LogP contribution < -0.4 is 5.73 Å². The van der Waals surface area contributed by atoms with E-state index in [4.69, 9.17) is 10.3 Å². The van der Waals surface area contributed by atoms with Crippen LogP contribution in [0.5, 0.6) is 0 Å². The SMILES string of the molecule is Nc1cc2[nH]ncc2cc1S(=O)(=O)O. The molecule has 1 aromatic heterocycles. The predicted octanol–water partition coefficient (Wildman–Crippen LogP) is 0.392. The van der Waals surface area contributed by atoms with Crippen molar-refractivity contribution in [2.45, 2.75) is 4.90 Å². The van der Waals surface area contributed by atoms with Crippen LogP contribution in [0, 0.1) is 0 Å². The summed E-state index contributed by atoms with van der Waals surface area (Å²) in [4.78, 5) is -0.300. The number of aromatic amines is 1. The number of nitrogen functional groups attached to an aromatic ring is 1. The van der Waals surface area contributed by atoms with Crippen LogP contribution in [-0.2, 0) is 10.1 Å². The van der Waals surface area contributed by atoms with E-state index in [1.54, 1.807) is 0 Å². The zero-order chi connectivity index (χ0) is 10.3. The number of hydrogen-bond donors (Lipinski definition) is 3. The lowest BCUT2D eigenvalue weighted by Gasteiger charge is -2.01. The van der Waals surface area contributed by atoms with Gasteiger partial charge in [0.25, 0.3) is 10.1 Å². The van der Waals surface area contributed by atoms with Crippen LogP contribution in [0.25, 0.3) is 10.9 Å². The lowest BCUT2D eigenvalue weighted by atomic mass is 10.2. The molecule has 14 heavy (non-hydrogen) atoms. The first-order valence-corrected chi connectivity index (χ1v) is 5.12. The van der Waals surface area contributed by atoms with E-state index in [1.807, 2.05) is 0 Å². The number of nitrogens with two attached hydrogens (primary N) is 1. The van der Waals surface area contributed by atoms with Gasteiger partial charge in [0, 0.05) is 5.39 Å². The molecule has 0 spiro atoms. The summed E-state index contributed by atoms with van der Waals surface area (Å²) in [6.45, 7) is 0. The summed E-state index contributed by atoms with van der Waals surface area (Å²) in [6, 6.07) is 2.68. The van der Waals surface area contributed by atoms with Gasteiger partial charge in [-0.2, -0.15) is 13.5 Å². The Labute approximate surface area is 79.5 Å². The first-order valence-electron chi connectivity index (χ1n) is 3.68. The lowest BCUT2D eigenvalue weighted by Crippen LogP contribution is -2.02. The molecule has 7 heteroatoms. The number of rotatable bonds is 1. The molecule has 0 radical (unpaired) electrons. The molecular formula is C7H7N3O3S. The van der Waals surface area contributed by atoms with E-state index in [2.05, 4.69) is 10.2 Å². The van der Waals surface area contributed by atoms with Gasteiger partial charge in [-0.3, -0.25) is 9.65 Å². The second-order valence-electron chi connectivity index (χ2n) is 2.82. The smallest absolute Gasteiger partial charge is 0.296 e. The van der Waals surface area contributed by atoms with Crippen molar-refractivity contribution in [2.75, 3.05) is 5.73 Å². The number of fused-ring (bicyclic) bond motifs is 1. The minimum atomic E-state index is -4.27. The second kappa shape index (κ2) is 2.69. The predicted molar refractivity (Wildman–Crippen MR) is 50.3 cm³/mol. The summed E-state index contributed by atoms with van der Waals surface area (Å²) in [5.41, 5.74) is 6.06. The summed E-state index contributed by atoms with van der Waals surface area (Å²) in [7, 11) is -4.27. The molecule has 0 aliphatic rings. The third-order valence-corrected chi connectivity index (χ3v) is 2.76. The number of H-pyrrole nitrogens is 1. The first kappa shape index (κ1) is 8.97. The monoisotopic (exact) mass is 213 g/mol. The molecule has 4 N–H and O–H groups in total.